The minimum atomic E-state index is -4.72. The van der Waals surface area contributed by atoms with E-state index in [1.165, 1.54) is 28.9 Å². The van der Waals surface area contributed by atoms with Crippen molar-refractivity contribution >= 4 is 33.2 Å². The monoisotopic (exact) mass is 590 g/mol. The highest BCUT2D eigenvalue weighted by Crippen LogP contribution is 2.39. The first kappa shape index (κ1) is 28.8. The van der Waals surface area contributed by atoms with Gasteiger partial charge in [-0.25, -0.2) is 14.5 Å². The highest BCUT2D eigenvalue weighted by atomic mass is 32.2. The third-order valence-electron chi connectivity index (χ3n) is 6.43. The van der Waals surface area contributed by atoms with Gasteiger partial charge >= 0.3 is 5.97 Å². The molecule has 0 spiro atoms. The number of aromatic amines is 1. The first-order valence-corrected chi connectivity index (χ1v) is 14.4. The van der Waals surface area contributed by atoms with Crippen LogP contribution in [0.3, 0.4) is 0 Å². The lowest BCUT2D eigenvalue weighted by atomic mass is 9.91. The summed E-state index contributed by atoms with van der Waals surface area (Å²) in [5, 5.41) is 31.5. The summed E-state index contributed by atoms with van der Waals surface area (Å²) in [5.41, 5.74) is 0.630. The number of aromatic carboxylic acids is 1. The molecule has 218 valence electrons. The number of carboxylic acids is 1. The average Bonchev–Trinajstić information content (AvgIpc) is 3.58. The predicted molar refractivity (Wildman–Crippen MR) is 155 cm³/mol. The second-order valence-corrected chi connectivity index (χ2v) is 13.2. The van der Waals surface area contributed by atoms with Crippen LogP contribution in [0.5, 0.6) is 0 Å². The van der Waals surface area contributed by atoms with Crippen LogP contribution in [0.2, 0.25) is 0 Å². The number of fused-ring (bicyclic) bond motifs is 1. The first-order valence-electron chi connectivity index (χ1n) is 13.0. The number of benzene rings is 2. The molecule has 42 heavy (non-hydrogen) atoms. The number of nitrogens with one attached hydrogen (secondary N) is 1. The Hall–Kier alpha value is -4.69. The lowest BCUT2D eigenvalue weighted by molar-refractivity contribution is 0.0698. The lowest BCUT2D eigenvalue weighted by Crippen LogP contribution is -2.15. The second kappa shape index (κ2) is 9.99. The van der Waals surface area contributed by atoms with Gasteiger partial charge in [-0.2, -0.15) is 18.1 Å². The number of hydrogen-bond acceptors (Lipinski definition) is 8. The summed E-state index contributed by atoms with van der Waals surface area (Å²) in [6.45, 7) is 11.8. The Balaban J connectivity index is 1.83. The maximum atomic E-state index is 12.7. The third kappa shape index (κ3) is 5.21. The van der Waals surface area contributed by atoms with Crippen LogP contribution in [0.1, 0.15) is 63.4 Å². The Labute approximate surface area is 241 Å². The molecule has 3 heterocycles. The van der Waals surface area contributed by atoms with Gasteiger partial charge in [0, 0.05) is 16.4 Å². The molecule has 0 aliphatic heterocycles. The molecule has 0 saturated carbocycles. The van der Waals surface area contributed by atoms with Crippen molar-refractivity contribution in [2.75, 3.05) is 0 Å². The van der Waals surface area contributed by atoms with E-state index in [2.05, 4.69) is 30.5 Å². The number of hydrogen-bond donors (Lipinski definition) is 3. The van der Waals surface area contributed by atoms with Gasteiger partial charge in [0.05, 0.1) is 11.4 Å². The van der Waals surface area contributed by atoms with Crippen molar-refractivity contribution in [2.45, 2.75) is 57.3 Å². The van der Waals surface area contributed by atoms with Crippen molar-refractivity contribution in [3.63, 3.8) is 0 Å². The van der Waals surface area contributed by atoms with E-state index < -0.39 is 26.4 Å². The van der Waals surface area contributed by atoms with Crippen molar-refractivity contribution in [2.24, 2.45) is 10.2 Å². The maximum absolute atomic E-state index is 12.7. The molecule has 0 aliphatic rings. The largest absolute Gasteiger partial charge is 0.477 e. The number of H-pyrrole nitrogens is 1. The summed E-state index contributed by atoms with van der Waals surface area (Å²) in [6, 6.07) is 14.1. The van der Waals surface area contributed by atoms with E-state index in [1.54, 1.807) is 30.3 Å². The lowest BCUT2D eigenvalue weighted by Gasteiger charge is -2.17. The first-order chi connectivity index (χ1) is 19.6. The van der Waals surface area contributed by atoms with Gasteiger partial charge in [0.25, 0.3) is 10.1 Å². The van der Waals surface area contributed by atoms with Gasteiger partial charge in [-0.1, -0.05) is 84.0 Å². The fraction of sp³-hybridized carbons (Fsp3) is 0.286. The van der Waals surface area contributed by atoms with E-state index >= 15 is 0 Å². The number of aromatic nitrogens is 6. The summed E-state index contributed by atoms with van der Waals surface area (Å²) in [6.07, 6.45) is 0. The second-order valence-electron chi connectivity index (χ2n) is 11.8. The number of rotatable bonds is 6. The van der Waals surface area contributed by atoms with Crippen molar-refractivity contribution in [1.29, 1.82) is 0 Å². The van der Waals surface area contributed by atoms with Crippen LogP contribution >= 0.6 is 0 Å². The summed E-state index contributed by atoms with van der Waals surface area (Å²) >= 11 is 0. The molecule has 0 radical (unpaired) electrons. The van der Waals surface area contributed by atoms with E-state index in [1.807, 2.05) is 41.5 Å². The Kier molecular flexibility index (Phi) is 6.86. The minimum Gasteiger partial charge on any atom is -0.477 e. The van der Waals surface area contributed by atoms with Crippen molar-refractivity contribution in [3.05, 3.63) is 71.7 Å². The summed E-state index contributed by atoms with van der Waals surface area (Å²) < 4.78 is 37.1. The van der Waals surface area contributed by atoms with E-state index in [0.717, 1.165) is 4.68 Å². The molecular formula is C28H30N8O5S. The van der Waals surface area contributed by atoms with Crippen LogP contribution in [-0.2, 0) is 20.9 Å². The molecule has 2 aromatic carbocycles. The summed E-state index contributed by atoms with van der Waals surface area (Å²) in [4.78, 5) is 16.9. The highest BCUT2D eigenvalue weighted by molar-refractivity contribution is 7.86. The van der Waals surface area contributed by atoms with Crippen LogP contribution in [0.25, 0.3) is 22.6 Å². The number of carbonyl (C=O) groups is 1. The summed E-state index contributed by atoms with van der Waals surface area (Å²) in [5.74, 6) is -1.05. The smallest absolute Gasteiger partial charge is 0.341 e. The standard InChI is InChI=1S/C28H30N8O5S/c1-27(2,3)22-21(24-29-26(28(4,5)6)34-36(24)33-22)30-31-23-19(25(37)38)20(16-12-8-7-9-13-16)32-35(23)17-14-10-11-15-18(17)42(39,40)41/h7-15,33H,1-6H3,(H,37,38)(H,39,40,41). The van der Waals surface area contributed by atoms with Crippen LogP contribution < -0.4 is 0 Å². The van der Waals surface area contributed by atoms with E-state index in [9.17, 15) is 22.9 Å². The molecule has 0 amide bonds. The van der Waals surface area contributed by atoms with Crippen molar-refractivity contribution in [3.8, 4) is 16.9 Å². The Bertz CT molecular complexity index is 1960. The molecule has 0 atom stereocenters. The van der Waals surface area contributed by atoms with Crippen LogP contribution in [0.4, 0.5) is 11.5 Å². The average molecular weight is 591 g/mol. The Morgan fingerprint density at radius 2 is 1.55 bits per heavy atom. The van der Waals surface area contributed by atoms with Gasteiger partial charge in [-0.3, -0.25) is 9.65 Å². The Morgan fingerprint density at radius 3 is 2.14 bits per heavy atom. The third-order valence-corrected chi connectivity index (χ3v) is 7.33. The number of carboxylic acid groups (broad SMARTS) is 1. The number of azo groups is 1. The molecule has 13 nitrogen and oxygen atoms in total. The highest BCUT2D eigenvalue weighted by Gasteiger charge is 2.31. The van der Waals surface area contributed by atoms with Crippen molar-refractivity contribution < 1.29 is 22.9 Å². The van der Waals surface area contributed by atoms with Crippen LogP contribution in [-0.4, -0.2) is 53.6 Å². The topological polar surface area (TPSA) is 180 Å². The molecule has 3 N–H and O–H groups in total. The molecule has 5 aromatic rings. The zero-order valence-corrected chi connectivity index (χ0v) is 24.7. The van der Waals surface area contributed by atoms with Gasteiger partial charge in [0.2, 0.25) is 5.65 Å². The zero-order valence-electron chi connectivity index (χ0n) is 23.9. The van der Waals surface area contributed by atoms with Crippen molar-refractivity contribution in [1.82, 2.24) is 29.6 Å². The van der Waals surface area contributed by atoms with Gasteiger partial charge < -0.3 is 5.11 Å². The van der Waals surface area contributed by atoms with Gasteiger partial charge in [-0.15, -0.1) is 15.3 Å². The zero-order chi connectivity index (χ0) is 30.6. The van der Waals surface area contributed by atoms with Crippen LogP contribution in [0, 0.1) is 0 Å². The maximum Gasteiger partial charge on any atom is 0.341 e. The molecular weight excluding hydrogens is 560 g/mol. The number of para-hydroxylation sites is 1. The van der Waals surface area contributed by atoms with E-state index in [0.29, 0.717) is 28.4 Å². The normalized spacial score (nSPS) is 12.9. The van der Waals surface area contributed by atoms with Crippen LogP contribution in [0.15, 0.2) is 69.7 Å². The SMILES string of the molecule is CC(C)(C)c1nc2c(N=Nc3c(C(=O)O)c(-c4ccccc4)nn3-c3ccccc3S(=O)(=O)O)c(C(C)(C)C)[nH]n2n1. The fourth-order valence-corrected chi connectivity index (χ4v) is 5.03. The van der Waals surface area contributed by atoms with Gasteiger partial charge in [0.1, 0.15) is 16.2 Å². The molecule has 0 aliphatic carbocycles. The predicted octanol–water partition coefficient (Wildman–Crippen LogP) is 5.87. The Morgan fingerprint density at radius 1 is 0.905 bits per heavy atom. The fourth-order valence-electron chi connectivity index (χ4n) is 4.36. The molecule has 3 aromatic heterocycles. The molecule has 5 rings (SSSR count). The van der Waals surface area contributed by atoms with E-state index in [4.69, 9.17) is 0 Å². The quantitative estimate of drug-likeness (QED) is 0.162. The van der Waals surface area contributed by atoms with E-state index in [-0.39, 0.29) is 28.2 Å². The number of nitrogens with zero attached hydrogens (tertiary/aromatic N) is 7. The molecule has 0 unspecified atom stereocenters. The molecule has 14 heteroatoms. The molecule has 0 fully saturated rings. The van der Waals surface area contributed by atoms with Gasteiger partial charge in [-0.05, 0) is 12.1 Å². The minimum absolute atomic E-state index is 0.0370. The summed E-state index contributed by atoms with van der Waals surface area (Å²) in [7, 11) is -4.72. The van der Waals surface area contributed by atoms with Gasteiger partial charge in [0.15, 0.2) is 17.3 Å². The molecule has 0 saturated heterocycles. The molecule has 0 bridgehead atoms.